The number of piperidine rings is 1. The van der Waals surface area contributed by atoms with Gasteiger partial charge in [-0.1, -0.05) is 20.8 Å². The highest BCUT2D eigenvalue weighted by atomic mass is 16.6. The maximum Gasteiger partial charge on any atom is 0.408 e. The number of nitrogens with one attached hydrogen (secondary N) is 2. The Morgan fingerprint density at radius 2 is 1.74 bits per heavy atom. The Hall–Kier alpha value is -2.32. The minimum Gasteiger partial charge on any atom is -0.467 e. The fourth-order valence-corrected chi connectivity index (χ4v) is 4.20. The summed E-state index contributed by atoms with van der Waals surface area (Å²) in [6, 6.07) is -0.978. The number of nitrogens with zero attached hydrogens (tertiary/aromatic N) is 1. The van der Waals surface area contributed by atoms with Crippen molar-refractivity contribution in [1.29, 1.82) is 0 Å². The van der Waals surface area contributed by atoms with E-state index in [-0.39, 0.29) is 23.8 Å². The van der Waals surface area contributed by atoms with Crippen molar-refractivity contribution in [2.24, 2.45) is 11.3 Å². The van der Waals surface area contributed by atoms with E-state index in [2.05, 4.69) is 10.6 Å². The Bertz CT molecular complexity index is 714. The number of hydrogen-bond donors (Lipinski definition) is 2. The number of ether oxygens (including phenoxy) is 2. The van der Waals surface area contributed by atoms with Gasteiger partial charge in [0, 0.05) is 30.0 Å². The number of carbonyl (C=O) groups is 4. The van der Waals surface area contributed by atoms with Crippen LogP contribution < -0.4 is 10.6 Å². The van der Waals surface area contributed by atoms with Crippen molar-refractivity contribution < 1.29 is 28.7 Å². The highest BCUT2D eigenvalue weighted by Gasteiger charge is 2.48. The second-order valence-electron chi connectivity index (χ2n) is 10.7. The zero-order valence-electron chi connectivity index (χ0n) is 19.8. The van der Waals surface area contributed by atoms with E-state index in [1.807, 2.05) is 25.7 Å². The lowest BCUT2D eigenvalue weighted by Gasteiger charge is -2.41. The SMILES string of the molecule is COC(=O)C(CC1CC2(CCN(C(=O)C(C)(C)C)CC2)NC1=O)NC(=O)OC(C)(C)C. The molecule has 2 N–H and O–H groups in total. The molecule has 0 aromatic rings. The third-order valence-electron chi connectivity index (χ3n) is 5.74. The lowest BCUT2D eigenvalue weighted by Crippen LogP contribution is -2.53. The van der Waals surface area contributed by atoms with E-state index in [4.69, 9.17) is 9.47 Å². The first kappa shape index (κ1) is 24.9. The van der Waals surface area contributed by atoms with Crippen LogP contribution in [0.25, 0.3) is 0 Å². The van der Waals surface area contributed by atoms with Gasteiger partial charge in [-0.3, -0.25) is 9.59 Å². The molecule has 2 fully saturated rings. The first-order valence-corrected chi connectivity index (χ1v) is 10.8. The first-order valence-electron chi connectivity index (χ1n) is 10.8. The summed E-state index contributed by atoms with van der Waals surface area (Å²) in [5.74, 6) is -1.10. The van der Waals surface area contributed by atoms with Gasteiger partial charge in [-0.05, 0) is 46.5 Å². The van der Waals surface area contributed by atoms with Crippen LogP contribution >= 0.6 is 0 Å². The fourth-order valence-electron chi connectivity index (χ4n) is 4.20. The summed E-state index contributed by atoms with van der Waals surface area (Å²) in [6.45, 7) is 12.0. The number of carbonyl (C=O) groups excluding carboxylic acids is 4. The van der Waals surface area contributed by atoms with Gasteiger partial charge in [-0.25, -0.2) is 9.59 Å². The molecule has 9 nitrogen and oxygen atoms in total. The number of likely N-dealkylation sites (tertiary alicyclic amines) is 1. The molecular formula is C22H37N3O6. The lowest BCUT2D eigenvalue weighted by atomic mass is 9.81. The van der Waals surface area contributed by atoms with Crippen LogP contribution in [0, 0.1) is 11.3 Å². The summed E-state index contributed by atoms with van der Waals surface area (Å²) < 4.78 is 10.0. The average molecular weight is 440 g/mol. The molecule has 2 unspecified atom stereocenters. The first-order chi connectivity index (χ1) is 14.2. The van der Waals surface area contributed by atoms with Crippen LogP contribution in [0.15, 0.2) is 0 Å². The summed E-state index contributed by atoms with van der Waals surface area (Å²) in [5, 5.41) is 5.63. The van der Waals surface area contributed by atoms with Gasteiger partial charge < -0.3 is 25.0 Å². The molecule has 2 aliphatic rings. The maximum absolute atomic E-state index is 12.7. The van der Waals surface area contributed by atoms with E-state index >= 15 is 0 Å². The molecule has 0 aromatic heterocycles. The molecule has 0 aliphatic carbocycles. The topological polar surface area (TPSA) is 114 Å². The number of esters is 1. The molecule has 2 rings (SSSR count). The molecule has 176 valence electrons. The predicted octanol–water partition coefficient (Wildman–Crippen LogP) is 1.99. The highest BCUT2D eigenvalue weighted by Crippen LogP contribution is 2.37. The van der Waals surface area contributed by atoms with Gasteiger partial charge in [0.05, 0.1) is 7.11 Å². The Morgan fingerprint density at radius 3 is 2.23 bits per heavy atom. The van der Waals surface area contributed by atoms with Crippen LogP contribution in [-0.4, -0.2) is 66.2 Å². The molecule has 9 heteroatoms. The zero-order valence-corrected chi connectivity index (χ0v) is 19.8. The van der Waals surface area contributed by atoms with E-state index in [9.17, 15) is 19.2 Å². The summed E-state index contributed by atoms with van der Waals surface area (Å²) in [5.41, 5.74) is -1.53. The second kappa shape index (κ2) is 9.04. The molecule has 2 saturated heterocycles. The summed E-state index contributed by atoms with van der Waals surface area (Å²) in [6.07, 6.45) is 1.28. The largest absolute Gasteiger partial charge is 0.467 e. The molecule has 1 spiro atoms. The molecule has 0 radical (unpaired) electrons. The molecule has 31 heavy (non-hydrogen) atoms. The maximum atomic E-state index is 12.7. The molecule has 0 bridgehead atoms. The van der Waals surface area contributed by atoms with Crippen molar-refractivity contribution in [3.63, 3.8) is 0 Å². The molecule has 2 aliphatic heterocycles. The average Bonchev–Trinajstić information content (AvgIpc) is 2.93. The van der Waals surface area contributed by atoms with Crippen molar-refractivity contribution in [3.05, 3.63) is 0 Å². The minimum atomic E-state index is -0.978. The van der Waals surface area contributed by atoms with Crippen molar-refractivity contribution in [2.45, 2.75) is 84.4 Å². The van der Waals surface area contributed by atoms with E-state index in [1.54, 1.807) is 20.8 Å². The zero-order chi connectivity index (χ0) is 23.6. The minimum absolute atomic E-state index is 0.107. The number of amides is 3. The molecule has 2 heterocycles. The molecule has 0 aromatic carbocycles. The molecule has 3 amide bonds. The van der Waals surface area contributed by atoms with Gasteiger partial charge in [0.15, 0.2) is 0 Å². The lowest BCUT2D eigenvalue weighted by molar-refractivity contribution is -0.144. The van der Waals surface area contributed by atoms with Gasteiger partial charge in [0.25, 0.3) is 0 Å². The number of alkyl carbamates (subject to hydrolysis) is 1. The summed E-state index contributed by atoms with van der Waals surface area (Å²) >= 11 is 0. The Kier molecular flexibility index (Phi) is 7.28. The Balaban J connectivity index is 2.01. The van der Waals surface area contributed by atoms with Gasteiger partial charge in [-0.15, -0.1) is 0 Å². The van der Waals surface area contributed by atoms with Crippen LogP contribution in [-0.2, 0) is 23.9 Å². The number of rotatable bonds is 4. The highest BCUT2D eigenvalue weighted by molar-refractivity contribution is 5.86. The standard InChI is InChI=1S/C22H37N3O6/c1-20(2,3)18(28)25-10-8-22(9-11-25)13-14(16(26)24-22)12-15(17(27)30-7)23-19(29)31-21(4,5)6/h14-15H,8-13H2,1-7H3,(H,23,29)(H,24,26). The van der Waals surface area contributed by atoms with Crippen molar-refractivity contribution in [3.8, 4) is 0 Å². The normalized spacial score (nSPS) is 22.0. The number of hydrogen-bond acceptors (Lipinski definition) is 6. The van der Waals surface area contributed by atoms with Crippen molar-refractivity contribution >= 4 is 23.9 Å². The van der Waals surface area contributed by atoms with E-state index in [0.717, 1.165) is 0 Å². The Morgan fingerprint density at radius 1 is 1.16 bits per heavy atom. The monoisotopic (exact) mass is 439 g/mol. The molecular weight excluding hydrogens is 402 g/mol. The second-order valence-corrected chi connectivity index (χ2v) is 10.7. The van der Waals surface area contributed by atoms with E-state index in [0.29, 0.717) is 32.4 Å². The van der Waals surface area contributed by atoms with Crippen molar-refractivity contribution in [2.75, 3.05) is 20.2 Å². The van der Waals surface area contributed by atoms with Crippen LogP contribution in [0.2, 0.25) is 0 Å². The summed E-state index contributed by atoms with van der Waals surface area (Å²) in [7, 11) is 1.24. The van der Waals surface area contributed by atoms with Crippen LogP contribution in [0.4, 0.5) is 4.79 Å². The van der Waals surface area contributed by atoms with E-state index in [1.165, 1.54) is 7.11 Å². The fraction of sp³-hybridized carbons (Fsp3) is 0.818. The molecule has 2 atom stereocenters. The van der Waals surface area contributed by atoms with Gasteiger partial charge in [0.1, 0.15) is 11.6 Å². The van der Waals surface area contributed by atoms with Gasteiger partial charge >= 0.3 is 12.1 Å². The van der Waals surface area contributed by atoms with Gasteiger partial charge in [-0.2, -0.15) is 0 Å². The smallest absolute Gasteiger partial charge is 0.408 e. The van der Waals surface area contributed by atoms with Crippen LogP contribution in [0.3, 0.4) is 0 Å². The van der Waals surface area contributed by atoms with Crippen molar-refractivity contribution in [1.82, 2.24) is 15.5 Å². The third-order valence-corrected chi connectivity index (χ3v) is 5.74. The van der Waals surface area contributed by atoms with Crippen LogP contribution in [0.5, 0.6) is 0 Å². The summed E-state index contributed by atoms with van der Waals surface area (Å²) in [4.78, 5) is 51.5. The number of methoxy groups -OCH3 is 1. The van der Waals surface area contributed by atoms with Gasteiger partial charge in [0.2, 0.25) is 11.8 Å². The predicted molar refractivity (Wildman–Crippen MR) is 114 cm³/mol. The van der Waals surface area contributed by atoms with E-state index < -0.39 is 35.0 Å². The Labute approximate surface area is 184 Å². The molecule has 0 saturated carbocycles. The quantitative estimate of drug-likeness (QED) is 0.648. The third kappa shape index (κ3) is 6.58. The van der Waals surface area contributed by atoms with Crippen LogP contribution in [0.1, 0.15) is 67.2 Å².